The molecule has 0 bridgehead atoms. The number of benzene rings is 3. The van der Waals surface area contributed by atoms with Crippen LogP contribution in [0, 0.1) is 0 Å². The van der Waals surface area contributed by atoms with Crippen LogP contribution in [0.4, 0.5) is 11.4 Å². The highest BCUT2D eigenvalue weighted by molar-refractivity contribution is 6.30. The summed E-state index contributed by atoms with van der Waals surface area (Å²) in [5, 5.41) is 6.26. The third-order valence-corrected chi connectivity index (χ3v) is 3.97. The molecular weight excluding hydrogens is 348 g/mol. The van der Waals surface area contributed by atoms with Gasteiger partial charge in [-0.3, -0.25) is 9.59 Å². The van der Waals surface area contributed by atoms with Crippen molar-refractivity contribution >= 4 is 34.8 Å². The Bertz CT molecular complexity index is 909. The van der Waals surface area contributed by atoms with Gasteiger partial charge >= 0.3 is 0 Å². The normalized spacial score (nSPS) is 10.2. The van der Waals surface area contributed by atoms with Gasteiger partial charge < -0.3 is 10.6 Å². The maximum Gasteiger partial charge on any atom is 0.255 e. The zero-order chi connectivity index (χ0) is 18.4. The first-order chi connectivity index (χ1) is 12.6. The Morgan fingerprint density at radius 1 is 0.769 bits per heavy atom. The highest BCUT2D eigenvalue weighted by atomic mass is 35.5. The van der Waals surface area contributed by atoms with Gasteiger partial charge in [0.1, 0.15) is 0 Å². The summed E-state index contributed by atoms with van der Waals surface area (Å²) in [6.07, 6.45) is 0.234. The highest BCUT2D eigenvalue weighted by Gasteiger charge is 2.09. The van der Waals surface area contributed by atoms with E-state index >= 15 is 0 Å². The molecule has 4 nitrogen and oxygen atoms in total. The molecule has 0 atom stereocenters. The Morgan fingerprint density at radius 2 is 1.46 bits per heavy atom. The molecule has 0 aliphatic carbocycles. The van der Waals surface area contributed by atoms with Crippen LogP contribution in [0.25, 0.3) is 0 Å². The molecule has 26 heavy (non-hydrogen) atoms. The number of hydrogen-bond donors (Lipinski definition) is 2. The van der Waals surface area contributed by atoms with Crippen LogP contribution in [0.2, 0.25) is 5.02 Å². The van der Waals surface area contributed by atoms with Crippen LogP contribution in [-0.4, -0.2) is 11.8 Å². The lowest BCUT2D eigenvalue weighted by Gasteiger charge is -2.09. The number of nitrogens with one attached hydrogen (secondary N) is 2. The summed E-state index contributed by atoms with van der Waals surface area (Å²) in [7, 11) is 0. The van der Waals surface area contributed by atoms with E-state index in [9.17, 15) is 9.59 Å². The van der Waals surface area contributed by atoms with Crippen molar-refractivity contribution in [2.75, 3.05) is 10.6 Å². The van der Waals surface area contributed by atoms with E-state index in [0.717, 1.165) is 11.3 Å². The molecule has 0 aliphatic rings. The lowest BCUT2D eigenvalue weighted by Crippen LogP contribution is -2.16. The molecule has 5 heteroatoms. The Kier molecular flexibility index (Phi) is 5.66. The summed E-state index contributed by atoms with van der Waals surface area (Å²) >= 11 is 5.84. The Labute approximate surface area is 156 Å². The lowest BCUT2D eigenvalue weighted by atomic mass is 10.1. The molecule has 0 saturated carbocycles. The molecule has 2 N–H and O–H groups in total. The van der Waals surface area contributed by atoms with Crippen molar-refractivity contribution in [2.24, 2.45) is 0 Å². The van der Waals surface area contributed by atoms with Crippen LogP contribution >= 0.6 is 11.6 Å². The monoisotopic (exact) mass is 364 g/mol. The van der Waals surface area contributed by atoms with E-state index in [4.69, 9.17) is 11.6 Å². The van der Waals surface area contributed by atoms with Gasteiger partial charge in [0.15, 0.2) is 0 Å². The standard InChI is InChI=1S/C21H17ClN2O2/c22-17-11-9-15(10-12-17)13-20(25)23-19-8-4-5-16(14-19)21(26)24-18-6-2-1-3-7-18/h1-12,14H,13H2,(H,23,25)(H,24,26). The van der Waals surface area contributed by atoms with E-state index in [-0.39, 0.29) is 18.2 Å². The van der Waals surface area contributed by atoms with Gasteiger partial charge in [-0.15, -0.1) is 0 Å². The summed E-state index contributed by atoms with van der Waals surface area (Å²) in [6.45, 7) is 0. The Hall–Kier alpha value is -3.11. The minimum atomic E-state index is -0.231. The third-order valence-electron chi connectivity index (χ3n) is 3.72. The summed E-state index contributed by atoms with van der Waals surface area (Å²) in [5.74, 6) is -0.391. The first-order valence-corrected chi connectivity index (χ1v) is 8.49. The van der Waals surface area contributed by atoms with Crippen molar-refractivity contribution in [1.82, 2.24) is 0 Å². The van der Waals surface area contributed by atoms with Gasteiger partial charge in [-0.05, 0) is 48.0 Å². The van der Waals surface area contributed by atoms with Crippen LogP contribution in [0.15, 0.2) is 78.9 Å². The van der Waals surface area contributed by atoms with Gasteiger partial charge in [0.25, 0.3) is 5.91 Å². The van der Waals surface area contributed by atoms with Crippen molar-refractivity contribution in [3.8, 4) is 0 Å². The molecule has 0 radical (unpaired) electrons. The topological polar surface area (TPSA) is 58.2 Å². The number of rotatable bonds is 5. The predicted molar refractivity (Wildman–Crippen MR) is 105 cm³/mol. The average Bonchev–Trinajstić information content (AvgIpc) is 2.64. The molecule has 0 spiro atoms. The first-order valence-electron chi connectivity index (χ1n) is 8.11. The highest BCUT2D eigenvalue weighted by Crippen LogP contribution is 2.15. The molecular formula is C21H17ClN2O2. The number of amides is 2. The lowest BCUT2D eigenvalue weighted by molar-refractivity contribution is -0.115. The second-order valence-corrected chi connectivity index (χ2v) is 6.19. The number of carbonyl (C=O) groups is 2. The summed E-state index contributed by atoms with van der Waals surface area (Å²) in [4.78, 5) is 24.5. The van der Waals surface area contributed by atoms with E-state index < -0.39 is 0 Å². The maximum atomic E-state index is 12.3. The van der Waals surface area contributed by atoms with Gasteiger partial charge in [-0.1, -0.05) is 48.0 Å². The molecule has 2 amide bonds. The van der Waals surface area contributed by atoms with Crippen LogP contribution in [0.5, 0.6) is 0 Å². The van der Waals surface area contributed by atoms with Crippen molar-refractivity contribution < 1.29 is 9.59 Å². The molecule has 0 aromatic heterocycles. The summed E-state index contributed by atoms with van der Waals surface area (Å²) in [5.41, 5.74) is 2.63. The largest absolute Gasteiger partial charge is 0.326 e. The fourth-order valence-corrected chi connectivity index (χ4v) is 2.58. The fourth-order valence-electron chi connectivity index (χ4n) is 2.46. The van der Waals surface area contributed by atoms with E-state index in [2.05, 4.69) is 10.6 Å². The van der Waals surface area contributed by atoms with Gasteiger partial charge in [0.05, 0.1) is 6.42 Å². The van der Waals surface area contributed by atoms with Crippen LogP contribution in [0.3, 0.4) is 0 Å². The van der Waals surface area contributed by atoms with E-state index in [1.165, 1.54) is 0 Å². The van der Waals surface area contributed by atoms with Crippen molar-refractivity contribution in [3.05, 3.63) is 95.0 Å². The number of carbonyl (C=O) groups excluding carboxylic acids is 2. The van der Waals surface area contributed by atoms with Gasteiger partial charge in [-0.25, -0.2) is 0 Å². The number of halogens is 1. The zero-order valence-corrected chi connectivity index (χ0v) is 14.7. The van der Waals surface area contributed by atoms with Gasteiger partial charge in [0.2, 0.25) is 5.91 Å². The SMILES string of the molecule is O=C(Cc1ccc(Cl)cc1)Nc1cccc(C(=O)Nc2ccccc2)c1. The van der Waals surface area contributed by atoms with Crippen molar-refractivity contribution in [3.63, 3.8) is 0 Å². The predicted octanol–water partition coefficient (Wildman–Crippen LogP) is 4.77. The fraction of sp³-hybridized carbons (Fsp3) is 0.0476. The van der Waals surface area contributed by atoms with Crippen LogP contribution in [0.1, 0.15) is 15.9 Å². The second kappa shape index (κ2) is 8.32. The van der Waals surface area contributed by atoms with Gasteiger partial charge in [0, 0.05) is 22.0 Å². The molecule has 0 unspecified atom stereocenters. The first kappa shape index (κ1) is 17.7. The number of anilines is 2. The molecule has 130 valence electrons. The van der Waals surface area contributed by atoms with E-state index in [1.807, 2.05) is 42.5 Å². The molecule has 0 saturated heterocycles. The summed E-state index contributed by atoms with van der Waals surface area (Å²) in [6, 6.07) is 23.2. The van der Waals surface area contributed by atoms with Crippen molar-refractivity contribution in [1.29, 1.82) is 0 Å². The Morgan fingerprint density at radius 3 is 2.19 bits per heavy atom. The van der Waals surface area contributed by atoms with E-state index in [0.29, 0.717) is 16.3 Å². The minimum absolute atomic E-state index is 0.159. The van der Waals surface area contributed by atoms with Crippen LogP contribution in [-0.2, 0) is 11.2 Å². The maximum absolute atomic E-state index is 12.3. The minimum Gasteiger partial charge on any atom is -0.326 e. The molecule has 0 aliphatic heterocycles. The molecule has 0 heterocycles. The number of para-hydroxylation sites is 1. The van der Waals surface area contributed by atoms with E-state index in [1.54, 1.807) is 36.4 Å². The zero-order valence-electron chi connectivity index (χ0n) is 13.9. The summed E-state index contributed by atoms with van der Waals surface area (Å²) < 4.78 is 0. The van der Waals surface area contributed by atoms with Crippen LogP contribution < -0.4 is 10.6 Å². The molecule has 3 aromatic rings. The molecule has 3 rings (SSSR count). The molecule has 0 fully saturated rings. The van der Waals surface area contributed by atoms with Gasteiger partial charge in [-0.2, -0.15) is 0 Å². The smallest absolute Gasteiger partial charge is 0.255 e. The quantitative estimate of drug-likeness (QED) is 0.684. The van der Waals surface area contributed by atoms with Crippen molar-refractivity contribution in [2.45, 2.75) is 6.42 Å². The average molecular weight is 365 g/mol. The second-order valence-electron chi connectivity index (χ2n) is 5.75. The molecule has 3 aromatic carbocycles. The third kappa shape index (κ3) is 4.94. The number of hydrogen-bond acceptors (Lipinski definition) is 2. The Balaban J connectivity index is 1.64.